The van der Waals surface area contributed by atoms with Crippen LogP contribution in [0, 0.1) is 6.92 Å². The van der Waals surface area contributed by atoms with Crippen LogP contribution in [0.2, 0.25) is 0 Å². The number of nitrogens with two attached hydrogens (primary N) is 1. The molecular formula is C13H23N5O2. The zero-order chi connectivity index (χ0) is 14.7. The minimum absolute atomic E-state index is 0.0307. The number of rotatable bonds is 4. The van der Waals surface area contributed by atoms with Gasteiger partial charge < -0.3 is 15.8 Å². The van der Waals surface area contributed by atoms with Crippen LogP contribution in [0.4, 0.5) is 5.69 Å². The van der Waals surface area contributed by atoms with E-state index in [4.69, 9.17) is 10.5 Å². The molecule has 1 atom stereocenters. The van der Waals surface area contributed by atoms with E-state index in [-0.39, 0.29) is 12.0 Å². The van der Waals surface area contributed by atoms with E-state index < -0.39 is 0 Å². The summed E-state index contributed by atoms with van der Waals surface area (Å²) in [5.74, 6) is -0.206. The Balaban J connectivity index is 1.92. The molecule has 2 rings (SSSR count). The summed E-state index contributed by atoms with van der Waals surface area (Å²) in [6.45, 7) is 7.91. The van der Waals surface area contributed by atoms with Gasteiger partial charge in [-0.15, -0.1) is 0 Å². The summed E-state index contributed by atoms with van der Waals surface area (Å²) < 4.78 is 7.17. The summed E-state index contributed by atoms with van der Waals surface area (Å²) in [5.41, 5.74) is 7.39. The summed E-state index contributed by atoms with van der Waals surface area (Å²) in [6.07, 6.45) is 0.0307. The van der Waals surface area contributed by atoms with Crippen molar-refractivity contribution in [3.63, 3.8) is 0 Å². The number of hydrogen-bond donors (Lipinski definition) is 2. The molecule has 0 saturated carbocycles. The number of nitrogens with one attached hydrogen (secondary N) is 1. The van der Waals surface area contributed by atoms with Crippen molar-refractivity contribution in [1.29, 1.82) is 0 Å². The normalized spacial score (nSPS) is 20.1. The molecule has 7 nitrogen and oxygen atoms in total. The van der Waals surface area contributed by atoms with Gasteiger partial charge in [-0.3, -0.25) is 14.4 Å². The molecule has 1 amide bonds. The van der Waals surface area contributed by atoms with E-state index in [0.717, 1.165) is 19.6 Å². The van der Waals surface area contributed by atoms with Crippen molar-refractivity contribution in [3.8, 4) is 0 Å². The van der Waals surface area contributed by atoms with Crippen LogP contribution in [0.3, 0.4) is 0 Å². The first-order valence-electron chi connectivity index (χ1n) is 6.94. The topological polar surface area (TPSA) is 85.4 Å². The maximum Gasteiger partial charge on any atom is 0.271 e. The molecular weight excluding hydrogens is 258 g/mol. The van der Waals surface area contributed by atoms with Crippen molar-refractivity contribution in [3.05, 3.63) is 11.4 Å². The lowest BCUT2D eigenvalue weighted by Crippen LogP contribution is -2.47. The molecule has 0 aromatic carbocycles. The zero-order valence-electron chi connectivity index (χ0n) is 12.3. The van der Waals surface area contributed by atoms with Crippen LogP contribution in [0.15, 0.2) is 0 Å². The molecule has 1 saturated heterocycles. The molecule has 1 aromatic rings. The maximum atomic E-state index is 12.2. The Labute approximate surface area is 119 Å². The molecule has 0 bridgehead atoms. The van der Waals surface area contributed by atoms with Crippen LogP contribution in [0.25, 0.3) is 0 Å². The van der Waals surface area contributed by atoms with Crippen LogP contribution >= 0.6 is 0 Å². The molecule has 1 aromatic heterocycles. The summed E-state index contributed by atoms with van der Waals surface area (Å²) in [4.78, 5) is 14.5. The smallest absolute Gasteiger partial charge is 0.271 e. The van der Waals surface area contributed by atoms with Gasteiger partial charge in [-0.05, 0) is 13.5 Å². The quantitative estimate of drug-likeness (QED) is 0.795. The van der Waals surface area contributed by atoms with Crippen LogP contribution in [0.5, 0.6) is 0 Å². The molecule has 112 valence electrons. The van der Waals surface area contributed by atoms with Gasteiger partial charge in [0.2, 0.25) is 0 Å². The van der Waals surface area contributed by atoms with Gasteiger partial charge in [-0.25, -0.2) is 0 Å². The standard InChI is InChI=1S/C13H23N5O2/c1-4-18-5-6-20-10(8-18)7-15-13(19)12-11(14)9(2)16-17(12)3/h10H,4-8,14H2,1-3H3,(H,15,19). The highest BCUT2D eigenvalue weighted by Crippen LogP contribution is 2.15. The average molecular weight is 281 g/mol. The first-order valence-corrected chi connectivity index (χ1v) is 6.94. The Morgan fingerprint density at radius 3 is 2.95 bits per heavy atom. The molecule has 7 heteroatoms. The Morgan fingerprint density at radius 1 is 1.60 bits per heavy atom. The highest BCUT2D eigenvalue weighted by Gasteiger charge is 2.22. The van der Waals surface area contributed by atoms with E-state index in [1.165, 1.54) is 4.68 Å². The predicted octanol–water partition coefficient (Wildman–Crippen LogP) is -0.239. The Hall–Kier alpha value is -1.60. The monoisotopic (exact) mass is 281 g/mol. The average Bonchev–Trinajstić information content (AvgIpc) is 2.70. The molecule has 20 heavy (non-hydrogen) atoms. The van der Waals surface area contributed by atoms with Crippen molar-refractivity contribution in [1.82, 2.24) is 20.0 Å². The van der Waals surface area contributed by atoms with E-state index in [9.17, 15) is 4.79 Å². The minimum Gasteiger partial charge on any atom is -0.395 e. The lowest BCUT2D eigenvalue weighted by Gasteiger charge is -2.32. The number of aromatic nitrogens is 2. The second-order valence-corrected chi connectivity index (χ2v) is 5.07. The third-order valence-corrected chi connectivity index (χ3v) is 3.64. The van der Waals surface area contributed by atoms with E-state index >= 15 is 0 Å². The van der Waals surface area contributed by atoms with E-state index in [1.807, 2.05) is 0 Å². The molecule has 1 aliphatic rings. The van der Waals surface area contributed by atoms with Gasteiger partial charge in [0.05, 0.1) is 24.1 Å². The van der Waals surface area contributed by atoms with Gasteiger partial charge >= 0.3 is 0 Å². The predicted molar refractivity (Wildman–Crippen MR) is 76.5 cm³/mol. The number of morpholine rings is 1. The number of nitrogens with zero attached hydrogens (tertiary/aromatic N) is 3. The third-order valence-electron chi connectivity index (χ3n) is 3.64. The van der Waals surface area contributed by atoms with Gasteiger partial charge in [0.1, 0.15) is 5.69 Å². The molecule has 1 unspecified atom stereocenters. The Morgan fingerprint density at radius 2 is 2.35 bits per heavy atom. The number of hydrogen-bond acceptors (Lipinski definition) is 5. The van der Waals surface area contributed by atoms with E-state index in [2.05, 4.69) is 22.2 Å². The summed E-state index contributed by atoms with van der Waals surface area (Å²) in [7, 11) is 1.72. The number of anilines is 1. The van der Waals surface area contributed by atoms with Crippen molar-refractivity contribution < 1.29 is 9.53 Å². The first kappa shape index (κ1) is 14.8. The van der Waals surface area contributed by atoms with Crippen molar-refractivity contribution in [2.24, 2.45) is 7.05 Å². The lowest BCUT2D eigenvalue weighted by atomic mass is 10.2. The number of aryl methyl sites for hydroxylation is 2. The highest BCUT2D eigenvalue weighted by molar-refractivity contribution is 5.97. The second-order valence-electron chi connectivity index (χ2n) is 5.07. The van der Waals surface area contributed by atoms with Gasteiger partial charge in [-0.2, -0.15) is 5.10 Å². The third kappa shape index (κ3) is 3.10. The van der Waals surface area contributed by atoms with Crippen molar-refractivity contribution >= 4 is 11.6 Å². The van der Waals surface area contributed by atoms with Gasteiger partial charge in [0.15, 0.2) is 0 Å². The van der Waals surface area contributed by atoms with Crippen LogP contribution < -0.4 is 11.1 Å². The molecule has 1 aliphatic heterocycles. The second kappa shape index (κ2) is 6.23. The molecule has 2 heterocycles. The zero-order valence-corrected chi connectivity index (χ0v) is 12.3. The van der Waals surface area contributed by atoms with Gasteiger partial charge in [0.25, 0.3) is 5.91 Å². The van der Waals surface area contributed by atoms with E-state index in [1.54, 1.807) is 14.0 Å². The number of carbonyl (C=O) groups is 1. The summed E-state index contributed by atoms with van der Waals surface area (Å²) in [6, 6.07) is 0. The number of ether oxygens (including phenoxy) is 1. The molecule has 3 N–H and O–H groups in total. The molecule has 0 aliphatic carbocycles. The minimum atomic E-state index is -0.206. The fourth-order valence-corrected chi connectivity index (χ4v) is 2.43. The molecule has 0 radical (unpaired) electrons. The fraction of sp³-hybridized carbons (Fsp3) is 0.692. The summed E-state index contributed by atoms with van der Waals surface area (Å²) >= 11 is 0. The Kier molecular flexibility index (Phi) is 4.61. The van der Waals surface area contributed by atoms with E-state index in [0.29, 0.717) is 30.2 Å². The van der Waals surface area contributed by atoms with Crippen molar-refractivity contribution in [2.75, 3.05) is 38.5 Å². The largest absolute Gasteiger partial charge is 0.395 e. The van der Waals surface area contributed by atoms with Crippen LogP contribution in [-0.2, 0) is 11.8 Å². The lowest BCUT2D eigenvalue weighted by molar-refractivity contribution is -0.0246. The first-order chi connectivity index (χ1) is 9.52. The van der Waals surface area contributed by atoms with Crippen molar-refractivity contribution in [2.45, 2.75) is 20.0 Å². The number of amides is 1. The number of likely N-dealkylation sites (N-methyl/N-ethyl adjacent to an activating group) is 1. The molecule has 1 fully saturated rings. The number of carbonyl (C=O) groups excluding carboxylic acids is 1. The summed E-state index contributed by atoms with van der Waals surface area (Å²) in [5, 5.41) is 7.02. The Bertz CT molecular complexity index is 485. The number of nitrogen functional groups attached to an aromatic ring is 1. The van der Waals surface area contributed by atoms with Crippen LogP contribution in [-0.4, -0.2) is 59.5 Å². The highest BCUT2D eigenvalue weighted by atomic mass is 16.5. The molecule has 0 spiro atoms. The van der Waals surface area contributed by atoms with Gasteiger partial charge in [0, 0.05) is 26.7 Å². The fourth-order valence-electron chi connectivity index (χ4n) is 2.43. The SMILES string of the molecule is CCN1CCOC(CNC(=O)c2c(N)c(C)nn2C)C1. The van der Waals surface area contributed by atoms with Gasteiger partial charge in [-0.1, -0.05) is 6.92 Å². The van der Waals surface area contributed by atoms with Crippen LogP contribution in [0.1, 0.15) is 23.1 Å². The maximum absolute atomic E-state index is 12.2.